The van der Waals surface area contributed by atoms with Crippen LogP contribution in [0, 0.1) is 0 Å². The van der Waals surface area contributed by atoms with Gasteiger partial charge in [0.2, 0.25) is 0 Å². The third-order valence-electron chi connectivity index (χ3n) is 2.37. The van der Waals surface area contributed by atoms with Crippen LogP contribution in [0.2, 0.25) is 0 Å². The Bertz CT molecular complexity index is 121. The number of halogens is 1. The molecule has 1 rings (SSSR count). The van der Waals surface area contributed by atoms with Gasteiger partial charge in [-0.2, -0.15) is 0 Å². The van der Waals surface area contributed by atoms with Gasteiger partial charge < -0.3 is 5.32 Å². The third kappa shape index (κ3) is 2.82. The van der Waals surface area contributed by atoms with E-state index in [1.807, 2.05) is 0 Å². The molecule has 1 aliphatic carbocycles. The molecule has 0 amide bonds. The first-order valence-corrected chi connectivity index (χ1v) is 7.53. The summed E-state index contributed by atoms with van der Waals surface area (Å²) in [5.74, 6) is 0. The highest BCUT2D eigenvalue weighted by Gasteiger charge is 2.28. The molecule has 0 spiro atoms. The predicted octanol–water partition coefficient (Wildman–Crippen LogP) is 2.63. The van der Waals surface area contributed by atoms with Gasteiger partial charge in [-0.3, -0.25) is 0 Å². The molecule has 0 saturated heterocycles. The van der Waals surface area contributed by atoms with Crippen molar-refractivity contribution in [2.45, 2.75) is 28.8 Å². The second kappa shape index (κ2) is 4.98. The van der Waals surface area contributed by atoms with Crippen molar-refractivity contribution in [3.05, 3.63) is 0 Å². The molecule has 0 aliphatic heterocycles. The second-order valence-corrected chi connectivity index (χ2v) is 7.38. The fraction of sp³-hybridized carbons (Fsp3) is 1.00. The van der Waals surface area contributed by atoms with E-state index >= 15 is 0 Å². The molecule has 0 aromatic rings. The molecule has 0 heterocycles. The molecule has 11 heavy (non-hydrogen) atoms. The topological polar surface area (TPSA) is 12.0 Å². The largest absolute Gasteiger partial charge is 0.316 e. The summed E-state index contributed by atoms with van der Waals surface area (Å²) >= 11 is 2.64. The van der Waals surface area contributed by atoms with Crippen LogP contribution in [0.25, 0.3) is 0 Å². The normalized spacial score (nSPS) is 34.1. The zero-order chi connectivity index (χ0) is 8.27. The lowest BCUT2D eigenvalue weighted by Crippen LogP contribution is -2.17. The van der Waals surface area contributed by atoms with Gasteiger partial charge in [0.25, 0.3) is 0 Å². The molecule has 3 atom stereocenters. The van der Waals surface area contributed by atoms with Crippen LogP contribution in [0.5, 0.6) is 0 Å². The lowest BCUT2D eigenvalue weighted by Gasteiger charge is -2.22. The minimum absolute atomic E-state index is 0.260. The van der Waals surface area contributed by atoms with Crippen molar-refractivity contribution < 1.29 is 0 Å². The summed E-state index contributed by atoms with van der Waals surface area (Å²) in [4.78, 5) is 0. The van der Waals surface area contributed by atoms with E-state index in [1.165, 1.54) is 25.5 Å². The standard InChI is InChI=1S/C8H17INP/c1-10-6-11(2)8-5-3-4-7(8)9/h7-8,10H,3-6H2,1-2H3. The van der Waals surface area contributed by atoms with Gasteiger partial charge in [-0.25, -0.2) is 0 Å². The number of nitrogens with one attached hydrogen (secondary N) is 1. The zero-order valence-electron chi connectivity index (χ0n) is 7.31. The van der Waals surface area contributed by atoms with Crippen LogP contribution in [0.15, 0.2) is 0 Å². The summed E-state index contributed by atoms with van der Waals surface area (Å²) < 4.78 is 0.970. The van der Waals surface area contributed by atoms with Gasteiger partial charge in [-0.05, 0) is 32.2 Å². The highest BCUT2D eigenvalue weighted by Crippen LogP contribution is 2.47. The van der Waals surface area contributed by atoms with Gasteiger partial charge in [0, 0.05) is 10.2 Å². The zero-order valence-corrected chi connectivity index (χ0v) is 10.4. The number of rotatable bonds is 3. The van der Waals surface area contributed by atoms with Crippen molar-refractivity contribution in [3.63, 3.8) is 0 Å². The van der Waals surface area contributed by atoms with Crippen LogP contribution in [0.4, 0.5) is 0 Å². The Hall–Kier alpha value is 1.12. The molecule has 3 unspecified atom stereocenters. The quantitative estimate of drug-likeness (QED) is 0.477. The summed E-state index contributed by atoms with van der Waals surface area (Å²) in [5.41, 5.74) is 1.04. The lowest BCUT2D eigenvalue weighted by atomic mass is 10.4. The Morgan fingerprint density at radius 1 is 1.55 bits per heavy atom. The van der Waals surface area contributed by atoms with E-state index in [0.29, 0.717) is 0 Å². The number of hydrogen-bond donors (Lipinski definition) is 1. The average Bonchev–Trinajstić information content (AvgIpc) is 2.36. The van der Waals surface area contributed by atoms with Crippen molar-refractivity contribution in [2.24, 2.45) is 0 Å². The summed E-state index contributed by atoms with van der Waals surface area (Å²) in [5, 5.41) is 3.29. The molecule has 0 aromatic heterocycles. The number of alkyl halides is 1. The molecule has 0 aromatic carbocycles. The van der Waals surface area contributed by atoms with Crippen molar-refractivity contribution in [3.8, 4) is 0 Å². The van der Waals surface area contributed by atoms with Crippen molar-refractivity contribution in [1.29, 1.82) is 0 Å². The van der Waals surface area contributed by atoms with E-state index in [9.17, 15) is 0 Å². The molecule has 1 fully saturated rings. The molecule has 3 heteroatoms. The van der Waals surface area contributed by atoms with Crippen LogP contribution < -0.4 is 5.32 Å². The Morgan fingerprint density at radius 3 is 2.73 bits per heavy atom. The molecule has 66 valence electrons. The van der Waals surface area contributed by atoms with Crippen molar-refractivity contribution in [2.75, 3.05) is 20.0 Å². The van der Waals surface area contributed by atoms with E-state index in [4.69, 9.17) is 0 Å². The molecule has 0 radical (unpaired) electrons. The Kier molecular flexibility index (Phi) is 4.62. The van der Waals surface area contributed by atoms with Gasteiger partial charge in [0.1, 0.15) is 0 Å². The SMILES string of the molecule is CNCP(C)C1CCCC1I. The Morgan fingerprint density at radius 2 is 2.27 bits per heavy atom. The maximum absolute atomic E-state index is 3.29. The highest BCUT2D eigenvalue weighted by molar-refractivity contribution is 14.1. The average molecular weight is 285 g/mol. The fourth-order valence-corrected chi connectivity index (χ4v) is 6.26. The van der Waals surface area contributed by atoms with E-state index in [-0.39, 0.29) is 7.92 Å². The highest BCUT2D eigenvalue weighted by atomic mass is 127. The summed E-state index contributed by atoms with van der Waals surface area (Å²) in [7, 11) is 2.33. The lowest BCUT2D eigenvalue weighted by molar-refractivity contribution is 0.879. The van der Waals surface area contributed by atoms with Gasteiger partial charge in [0.05, 0.1) is 0 Å². The molecule has 1 saturated carbocycles. The Labute approximate surface area is 84.6 Å². The fourth-order valence-electron chi connectivity index (χ4n) is 1.76. The molecule has 0 bridgehead atoms. The maximum Gasteiger partial charge on any atom is 0.0177 e. The van der Waals surface area contributed by atoms with E-state index in [1.54, 1.807) is 0 Å². The van der Waals surface area contributed by atoms with Gasteiger partial charge >= 0.3 is 0 Å². The first-order chi connectivity index (χ1) is 5.25. The monoisotopic (exact) mass is 285 g/mol. The number of hydrogen-bond acceptors (Lipinski definition) is 1. The van der Waals surface area contributed by atoms with Gasteiger partial charge in [-0.15, -0.1) is 0 Å². The van der Waals surface area contributed by atoms with E-state index < -0.39 is 0 Å². The smallest absolute Gasteiger partial charge is 0.0177 e. The van der Waals surface area contributed by atoms with E-state index in [0.717, 1.165) is 9.58 Å². The van der Waals surface area contributed by atoms with Crippen LogP contribution >= 0.6 is 30.5 Å². The first kappa shape index (κ1) is 10.2. The molecule has 1 aliphatic rings. The summed E-state index contributed by atoms with van der Waals surface area (Å²) in [6.07, 6.45) is 5.66. The van der Waals surface area contributed by atoms with Crippen LogP contribution in [0.1, 0.15) is 19.3 Å². The van der Waals surface area contributed by atoms with E-state index in [2.05, 4.69) is 41.6 Å². The van der Waals surface area contributed by atoms with Crippen LogP contribution in [-0.4, -0.2) is 29.6 Å². The van der Waals surface area contributed by atoms with Crippen LogP contribution in [0.3, 0.4) is 0 Å². The third-order valence-corrected chi connectivity index (χ3v) is 7.00. The Balaban J connectivity index is 2.33. The van der Waals surface area contributed by atoms with Gasteiger partial charge in [0.15, 0.2) is 0 Å². The maximum atomic E-state index is 3.29. The van der Waals surface area contributed by atoms with Crippen molar-refractivity contribution in [1.82, 2.24) is 5.32 Å². The molecule has 1 nitrogen and oxygen atoms in total. The van der Waals surface area contributed by atoms with Crippen LogP contribution in [-0.2, 0) is 0 Å². The first-order valence-electron chi connectivity index (χ1n) is 4.24. The second-order valence-electron chi connectivity index (χ2n) is 3.28. The van der Waals surface area contributed by atoms with Crippen molar-refractivity contribution >= 4 is 30.5 Å². The molecule has 1 N–H and O–H groups in total. The minimum Gasteiger partial charge on any atom is -0.316 e. The molecular formula is C8H17INP. The molecular weight excluding hydrogens is 268 g/mol. The minimum atomic E-state index is 0.260. The summed E-state index contributed by atoms with van der Waals surface area (Å²) in [6.45, 7) is 2.44. The van der Waals surface area contributed by atoms with Gasteiger partial charge in [-0.1, -0.05) is 36.9 Å². The predicted molar refractivity (Wildman–Crippen MR) is 62.2 cm³/mol. The summed E-state index contributed by atoms with van der Waals surface area (Å²) in [6, 6.07) is 0.